The first-order valence-corrected chi connectivity index (χ1v) is 11.0. The van der Waals surface area contributed by atoms with Crippen LogP contribution >= 0.6 is 0 Å². The van der Waals surface area contributed by atoms with Gasteiger partial charge in [-0.05, 0) is 17.2 Å². The third-order valence-corrected chi connectivity index (χ3v) is 6.71. The van der Waals surface area contributed by atoms with Gasteiger partial charge in [-0.3, -0.25) is 14.5 Å². The predicted molar refractivity (Wildman–Crippen MR) is 123 cm³/mol. The number of nitrogens with zero attached hydrogens (tertiary/aromatic N) is 2. The van der Waals surface area contributed by atoms with Crippen LogP contribution in [0.5, 0.6) is 0 Å². The predicted octanol–water partition coefficient (Wildman–Crippen LogP) is 3.99. The third kappa shape index (κ3) is 4.13. The normalized spacial score (nSPS) is 25.5. The van der Waals surface area contributed by atoms with Gasteiger partial charge in [0.2, 0.25) is 11.8 Å². The minimum Gasteiger partial charge on any atom is -0.324 e. The van der Waals surface area contributed by atoms with Crippen molar-refractivity contribution in [2.45, 2.75) is 11.8 Å². The van der Waals surface area contributed by atoms with Crippen LogP contribution in [0.25, 0.3) is 0 Å². The molecule has 1 aliphatic heterocycles. The highest BCUT2D eigenvalue weighted by Crippen LogP contribution is 2.49. The van der Waals surface area contributed by atoms with Gasteiger partial charge in [0.1, 0.15) is 0 Å². The molecule has 0 radical (unpaired) electrons. The van der Waals surface area contributed by atoms with Gasteiger partial charge in [0.15, 0.2) is 0 Å². The number of carbonyl (C=O) groups is 2. The molecule has 4 nitrogen and oxygen atoms in total. The van der Waals surface area contributed by atoms with Gasteiger partial charge in [0.25, 0.3) is 0 Å². The molecule has 2 amide bonds. The zero-order valence-corrected chi connectivity index (χ0v) is 18.4. The van der Waals surface area contributed by atoms with Gasteiger partial charge in [-0.1, -0.05) is 79.4 Å². The number of fused-ring (bicyclic) bond motifs is 1. The van der Waals surface area contributed by atoms with Crippen molar-refractivity contribution < 1.29 is 14.1 Å². The summed E-state index contributed by atoms with van der Waals surface area (Å²) in [5.41, 5.74) is 2.18. The van der Waals surface area contributed by atoms with Gasteiger partial charge in [-0.25, -0.2) is 0 Å². The highest BCUT2D eigenvalue weighted by Gasteiger charge is 2.55. The summed E-state index contributed by atoms with van der Waals surface area (Å²) in [6.45, 7) is 5.78. The highest BCUT2D eigenvalue weighted by molar-refractivity contribution is 6.06. The number of quaternary nitrogens is 1. The highest BCUT2D eigenvalue weighted by atomic mass is 16.2. The first kappa shape index (κ1) is 21.3. The lowest BCUT2D eigenvalue weighted by Gasteiger charge is -2.32. The van der Waals surface area contributed by atoms with E-state index >= 15 is 0 Å². The molecule has 0 unspecified atom stereocenters. The molecule has 4 rings (SSSR count). The number of amides is 2. The Hall–Kier alpha value is -2.98. The second-order valence-corrected chi connectivity index (χ2v) is 9.27. The smallest absolute Gasteiger partial charge is 0.234 e. The maximum atomic E-state index is 13.6. The summed E-state index contributed by atoms with van der Waals surface area (Å²) < 4.78 is 0.693. The van der Waals surface area contributed by atoms with Gasteiger partial charge in [-0.15, -0.1) is 0 Å². The number of benzene rings is 2. The molecule has 1 heterocycles. The second kappa shape index (κ2) is 8.64. The van der Waals surface area contributed by atoms with E-state index in [0.29, 0.717) is 17.6 Å². The Morgan fingerprint density at radius 1 is 0.839 bits per heavy atom. The van der Waals surface area contributed by atoms with Crippen LogP contribution < -0.4 is 0 Å². The van der Waals surface area contributed by atoms with Crippen LogP contribution in [-0.4, -0.2) is 54.9 Å². The standard InChI is InChI=1S/C27H31N2O2/c1-4-18-29(2,3)19-17-28-26(30)24-22(20-11-7-5-8-12-20)15-16-23(25(24)27(28)31)21-13-9-6-10-14-21/h4-16,22-25H,1,17-19H2,2-3H3/q+1/t22-,23+,24+,25-. The van der Waals surface area contributed by atoms with Crippen LogP contribution in [0.2, 0.25) is 0 Å². The molecule has 0 bridgehead atoms. The first-order chi connectivity index (χ1) is 14.9. The fourth-order valence-electron chi connectivity index (χ4n) is 5.03. The van der Waals surface area contributed by atoms with E-state index in [1.807, 2.05) is 42.5 Å². The summed E-state index contributed by atoms with van der Waals surface area (Å²) in [5.74, 6) is -0.952. The van der Waals surface area contributed by atoms with Gasteiger partial charge in [0.05, 0.1) is 45.6 Å². The number of hydrogen-bond donors (Lipinski definition) is 0. The van der Waals surface area contributed by atoms with E-state index < -0.39 is 0 Å². The van der Waals surface area contributed by atoms with Crippen molar-refractivity contribution in [2.75, 3.05) is 33.7 Å². The largest absolute Gasteiger partial charge is 0.324 e. The second-order valence-electron chi connectivity index (χ2n) is 9.27. The van der Waals surface area contributed by atoms with Crippen LogP contribution in [0.4, 0.5) is 0 Å². The maximum Gasteiger partial charge on any atom is 0.234 e. The zero-order valence-electron chi connectivity index (χ0n) is 18.4. The summed E-state index contributed by atoms with van der Waals surface area (Å²) in [6.07, 6.45) is 6.16. The summed E-state index contributed by atoms with van der Waals surface area (Å²) in [7, 11) is 4.20. The van der Waals surface area contributed by atoms with Crippen LogP contribution in [-0.2, 0) is 9.59 Å². The molecular formula is C27H31N2O2+. The molecule has 0 saturated carbocycles. The van der Waals surface area contributed by atoms with Gasteiger partial charge < -0.3 is 4.48 Å². The molecule has 1 fully saturated rings. The van der Waals surface area contributed by atoms with Crippen LogP contribution in [0.1, 0.15) is 23.0 Å². The van der Waals surface area contributed by atoms with E-state index in [1.54, 1.807) is 0 Å². The number of likely N-dealkylation sites (tertiary alicyclic amines) is 1. The number of likely N-dealkylation sites (N-methyl/N-ethyl adjacent to an activating group) is 1. The van der Waals surface area contributed by atoms with Crippen molar-refractivity contribution >= 4 is 11.8 Å². The lowest BCUT2D eigenvalue weighted by molar-refractivity contribution is -0.883. The Morgan fingerprint density at radius 3 is 1.71 bits per heavy atom. The van der Waals surface area contributed by atoms with Crippen molar-refractivity contribution in [1.29, 1.82) is 0 Å². The van der Waals surface area contributed by atoms with Crippen LogP contribution in [0, 0.1) is 11.8 Å². The third-order valence-electron chi connectivity index (χ3n) is 6.71. The molecule has 1 saturated heterocycles. The van der Waals surface area contributed by atoms with E-state index in [-0.39, 0.29) is 35.5 Å². The van der Waals surface area contributed by atoms with Crippen LogP contribution in [0.15, 0.2) is 85.5 Å². The molecule has 2 aromatic rings. The Morgan fingerprint density at radius 2 is 1.29 bits per heavy atom. The lowest BCUT2D eigenvalue weighted by Crippen LogP contribution is -2.47. The zero-order chi connectivity index (χ0) is 22.0. The van der Waals surface area contributed by atoms with Gasteiger partial charge in [0, 0.05) is 11.8 Å². The van der Waals surface area contributed by atoms with E-state index in [4.69, 9.17) is 0 Å². The van der Waals surface area contributed by atoms with Crippen molar-refractivity contribution in [3.63, 3.8) is 0 Å². The summed E-state index contributed by atoms with van der Waals surface area (Å²) >= 11 is 0. The number of carbonyl (C=O) groups excluding carboxylic acids is 2. The quantitative estimate of drug-likeness (QED) is 0.390. The van der Waals surface area contributed by atoms with Crippen molar-refractivity contribution in [3.8, 4) is 0 Å². The van der Waals surface area contributed by atoms with E-state index in [2.05, 4.69) is 57.1 Å². The first-order valence-electron chi connectivity index (χ1n) is 11.0. The minimum atomic E-state index is -0.361. The van der Waals surface area contributed by atoms with Crippen molar-refractivity contribution in [3.05, 3.63) is 96.6 Å². The molecule has 4 atom stereocenters. The van der Waals surface area contributed by atoms with Gasteiger partial charge >= 0.3 is 0 Å². The summed E-state index contributed by atoms with van der Waals surface area (Å²) in [4.78, 5) is 28.8. The Labute approximate surface area is 185 Å². The van der Waals surface area contributed by atoms with E-state index in [0.717, 1.165) is 17.7 Å². The number of rotatable bonds is 7. The molecule has 2 aliphatic rings. The average molecular weight is 416 g/mol. The molecule has 0 N–H and O–H groups in total. The minimum absolute atomic E-state index is 0.0345. The Bertz CT molecular complexity index is 913. The monoisotopic (exact) mass is 415 g/mol. The van der Waals surface area contributed by atoms with E-state index in [1.165, 1.54) is 4.90 Å². The molecule has 160 valence electrons. The average Bonchev–Trinajstić information content (AvgIpc) is 3.03. The van der Waals surface area contributed by atoms with Crippen molar-refractivity contribution in [2.24, 2.45) is 11.8 Å². The van der Waals surface area contributed by atoms with Crippen LogP contribution in [0.3, 0.4) is 0 Å². The Balaban J connectivity index is 1.69. The number of hydrogen-bond acceptors (Lipinski definition) is 2. The number of allylic oxidation sites excluding steroid dienone is 2. The molecular weight excluding hydrogens is 384 g/mol. The topological polar surface area (TPSA) is 37.4 Å². The molecule has 31 heavy (non-hydrogen) atoms. The molecule has 0 spiro atoms. The SMILES string of the molecule is C=CC[N+](C)(C)CCN1C(=O)[C@@H]2[C@H](C1=O)[C@H](c1ccccc1)C=C[C@@H]2c1ccccc1. The molecule has 4 heteroatoms. The summed E-state index contributed by atoms with van der Waals surface area (Å²) in [6, 6.07) is 20.2. The summed E-state index contributed by atoms with van der Waals surface area (Å²) in [5, 5.41) is 0. The fraction of sp³-hybridized carbons (Fsp3) is 0.333. The molecule has 1 aliphatic carbocycles. The maximum absolute atomic E-state index is 13.6. The Kier molecular flexibility index (Phi) is 5.92. The lowest BCUT2D eigenvalue weighted by atomic mass is 9.68. The fourth-order valence-corrected chi connectivity index (χ4v) is 5.03. The molecule has 2 aromatic carbocycles. The van der Waals surface area contributed by atoms with Crippen molar-refractivity contribution in [1.82, 2.24) is 4.90 Å². The molecule has 0 aromatic heterocycles. The van der Waals surface area contributed by atoms with E-state index in [9.17, 15) is 9.59 Å². The van der Waals surface area contributed by atoms with Gasteiger partial charge in [-0.2, -0.15) is 0 Å². The number of imide groups is 1.